The van der Waals surface area contributed by atoms with Crippen LogP contribution in [0.1, 0.15) is 50.5 Å². The van der Waals surface area contributed by atoms with E-state index in [4.69, 9.17) is 0 Å². The standard InChI is InChI=1S/C17H22O/c1-3-13(2)11-16-12-15(9-10-17(16)18)14-7-5-4-6-8-14/h4-8,15-16H,2-3,9-12H2,1H3. The predicted octanol–water partition coefficient (Wildman–Crippen LogP) is 4.50. The fourth-order valence-electron chi connectivity index (χ4n) is 2.83. The first-order chi connectivity index (χ1) is 8.70. The Balaban J connectivity index is 2.04. The predicted molar refractivity (Wildman–Crippen MR) is 75.6 cm³/mol. The van der Waals surface area contributed by atoms with Gasteiger partial charge in [-0.1, -0.05) is 49.4 Å². The molecule has 2 rings (SSSR count). The maximum atomic E-state index is 12.0. The maximum absolute atomic E-state index is 12.0. The van der Waals surface area contributed by atoms with Gasteiger partial charge in [-0.2, -0.15) is 0 Å². The van der Waals surface area contributed by atoms with Crippen LogP contribution in [-0.4, -0.2) is 5.78 Å². The van der Waals surface area contributed by atoms with Gasteiger partial charge < -0.3 is 0 Å². The largest absolute Gasteiger partial charge is 0.299 e. The molecule has 0 saturated heterocycles. The van der Waals surface area contributed by atoms with Gasteiger partial charge in [0, 0.05) is 12.3 Å². The third-order valence-electron chi connectivity index (χ3n) is 4.07. The van der Waals surface area contributed by atoms with E-state index < -0.39 is 0 Å². The highest BCUT2D eigenvalue weighted by Crippen LogP contribution is 2.36. The number of benzene rings is 1. The molecule has 0 radical (unpaired) electrons. The van der Waals surface area contributed by atoms with Crippen molar-refractivity contribution in [2.24, 2.45) is 5.92 Å². The molecule has 1 nitrogen and oxygen atoms in total. The van der Waals surface area contributed by atoms with Gasteiger partial charge in [-0.25, -0.2) is 0 Å². The lowest BCUT2D eigenvalue weighted by Gasteiger charge is -2.28. The quantitative estimate of drug-likeness (QED) is 0.711. The van der Waals surface area contributed by atoms with Crippen molar-refractivity contribution in [1.82, 2.24) is 0 Å². The number of carbonyl (C=O) groups excluding carboxylic acids is 1. The van der Waals surface area contributed by atoms with Crippen LogP contribution in [0.4, 0.5) is 0 Å². The summed E-state index contributed by atoms with van der Waals surface area (Å²) in [7, 11) is 0. The Kier molecular flexibility index (Phi) is 4.35. The minimum Gasteiger partial charge on any atom is -0.299 e. The van der Waals surface area contributed by atoms with Crippen molar-refractivity contribution in [2.75, 3.05) is 0 Å². The second-order valence-corrected chi connectivity index (χ2v) is 5.35. The summed E-state index contributed by atoms with van der Waals surface area (Å²) in [5.74, 6) is 1.20. The molecule has 1 aromatic carbocycles. The van der Waals surface area contributed by atoms with Crippen LogP contribution in [0.15, 0.2) is 42.5 Å². The van der Waals surface area contributed by atoms with Gasteiger partial charge in [-0.15, -0.1) is 0 Å². The first-order valence-electron chi connectivity index (χ1n) is 6.95. The van der Waals surface area contributed by atoms with E-state index >= 15 is 0 Å². The monoisotopic (exact) mass is 242 g/mol. The molecule has 1 aromatic rings. The number of hydrogen-bond donors (Lipinski definition) is 0. The lowest BCUT2D eigenvalue weighted by molar-refractivity contribution is -0.124. The van der Waals surface area contributed by atoms with Crippen molar-refractivity contribution in [3.63, 3.8) is 0 Å². The summed E-state index contributed by atoms with van der Waals surface area (Å²) >= 11 is 0. The Morgan fingerprint density at radius 1 is 1.33 bits per heavy atom. The molecular formula is C17H22O. The fourth-order valence-corrected chi connectivity index (χ4v) is 2.83. The summed E-state index contributed by atoms with van der Waals surface area (Å²) in [5.41, 5.74) is 2.60. The highest BCUT2D eigenvalue weighted by Gasteiger charge is 2.29. The number of allylic oxidation sites excluding steroid dienone is 1. The average molecular weight is 242 g/mol. The van der Waals surface area contributed by atoms with E-state index in [1.807, 2.05) is 6.07 Å². The van der Waals surface area contributed by atoms with Gasteiger partial charge in [-0.05, 0) is 37.2 Å². The van der Waals surface area contributed by atoms with E-state index in [1.54, 1.807) is 0 Å². The summed E-state index contributed by atoms with van der Waals surface area (Å²) in [6.07, 6.45) is 4.62. The van der Waals surface area contributed by atoms with Gasteiger partial charge in [0.15, 0.2) is 0 Å². The number of carbonyl (C=O) groups is 1. The average Bonchev–Trinajstić information content (AvgIpc) is 2.42. The minimum atomic E-state index is 0.205. The molecule has 96 valence electrons. The molecule has 0 N–H and O–H groups in total. The van der Waals surface area contributed by atoms with Gasteiger partial charge in [0.1, 0.15) is 5.78 Å². The molecule has 18 heavy (non-hydrogen) atoms. The Bertz CT molecular complexity index is 418. The zero-order valence-electron chi connectivity index (χ0n) is 11.2. The lowest BCUT2D eigenvalue weighted by Crippen LogP contribution is -2.24. The molecule has 1 aliphatic rings. The summed E-state index contributed by atoms with van der Waals surface area (Å²) in [4.78, 5) is 12.0. The molecule has 0 amide bonds. The van der Waals surface area contributed by atoms with Crippen LogP contribution >= 0.6 is 0 Å². The molecule has 0 bridgehead atoms. The molecule has 2 unspecified atom stereocenters. The van der Waals surface area contributed by atoms with E-state index in [-0.39, 0.29) is 5.92 Å². The maximum Gasteiger partial charge on any atom is 0.136 e. The highest BCUT2D eigenvalue weighted by molar-refractivity contribution is 5.82. The van der Waals surface area contributed by atoms with Crippen LogP contribution in [0.3, 0.4) is 0 Å². The molecule has 1 fully saturated rings. The van der Waals surface area contributed by atoms with Crippen molar-refractivity contribution in [2.45, 2.75) is 44.9 Å². The molecule has 1 heteroatoms. The Morgan fingerprint density at radius 3 is 2.72 bits per heavy atom. The zero-order valence-corrected chi connectivity index (χ0v) is 11.2. The van der Waals surface area contributed by atoms with Crippen molar-refractivity contribution in [3.8, 4) is 0 Å². The summed E-state index contributed by atoms with van der Waals surface area (Å²) in [6.45, 7) is 6.16. The van der Waals surface area contributed by atoms with Crippen LogP contribution < -0.4 is 0 Å². The van der Waals surface area contributed by atoms with Crippen molar-refractivity contribution in [1.29, 1.82) is 0 Å². The zero-order chi connectivity index (χ0) is 13.0. The third kappa shape index (κ3) is 3.10. The van der Waals surface area contributed by atoms with Gasteiger partial charge in [0.25, 0.3) is 0 Å². The smallest absolute Gasteiger partial charge is 0.136 e. The summed E-state index contributed by atoms with van der Waals surface area (Å²) in [5, 5.41) is 0. The molecule has 0 spiro atoms. The van der Waals surface area contributed by atoms with Crippen LogP contribution in [0.2, 0.25) is 0 Å². The number of Topliss-reactive ketones (excluding diaryl/α,β-unsaturated/α-hetero) is 1. The third-order valence-corrected chi connectivity index (χ3v) is 4.07. The second kappa shape index (κ2) is 5.99. The van der Waals surface area contributed by atoms with Crippen LogP contribution in [0.5, 0.6) is 0 Å². The van der Waals surface area contributed by atoms with E-state index in [2.05, 4.69) is 37.8 Å². The first-order valence-corrected chi connectivity index (χ1v) is 6.95. The van der Waals surface area contributed by atoms with Gasteiger partial charge in [0.2, 0.25) is 0 Å². The molecule has 0 aliphatic heterocycles. The van der Waals surface area contributed by atoms with Gasteiger partial charge >= 0.3 is 0 Å². The van der Waals surface area contributed by atoms with Crippen LogP contribution in [0.25, 0.3) is 0 Å². The number of ketones is 1. The first kappa shape index (κ1) is 13.1. The highest BCUT2D eigenvalue weighted by atomic mass is 16.1. The summed E-state index contributed by atoms with van der Waals surface area (Å²) < 4.78 is 0. The summed E-state index contributed by atoms with van der Waals surface area (Å²) in [6, 6.07) is 10.6. The normalized spacial score (nSPS) is 23.9. The van der Waals surface area contributed by atoms with Gasteiger partial charge in [-0.3, -0.25) is 4.79 Å². The number of rotatable bonds is 4. The lowest BCUT2D eigenvalue weighted by atomic mass is 9.75. The molecule has 1 saturated carbocycles. The van der Waals surface area contributed by atoms with E-state index in [9.17, 15) is 4.79 Å². The van der Waals surface area contributed by atoms with E-state index in [1.165, 1.54) is 11.1 Å². The minimum absolute atomic E-state index is 0.205. The molecular weight excluding hydrogens is 220 g/mol. The SMILES string of the molecule is C=C(CC)CC1CC(c2ccccc2)CCC1=O. The molecule has 0 aromatic heterocycles. The van der Waals surface area contributed by atoms with E-state index in [0.717, 1.165) is 32.1 Å². The Hall–Kier alpha value is -1.37. The van der Waals surface area contributed by atoms with Gasteiger partial charge in [0.05, 0.1) is 0 Å². The Labute approximate surface area is 110 Å². The topological polar surface area (TPSA) is 17.1 Å². The fraction of sp³-hybridized carbons (Fsp3) is 0.471. The van der Waals surface area contributed by atoms with Crippen LogP contribution in [-0.2, 0) is 4.79 Å². The number of hydrogen-bond acceptors (Lipinski definition) is 1. The molecule has 0 heterocycles. The molecule has 2 atom stereocenters. The molecule has 1 aliphatic carbocycles. The Morgan fingerprint density at radius 2 is 2.06 bits per heavy atom. The second-order valence-electron chi connectivity index (χ2n) is 5.35. The van der Waals surface area contributed by atoms with Crippen LogP contribution in [0, 0.1) is 5.92 Å². The van der Waals surface area contributed by atoms with Crippen molar-refractivity contribution in [3.05, 3.63) is 48.0 Å². The van der Waals surface area contributed by atoms with E-state index in [0.29, 0.717) is 11.7 Å². The van der Waals surface area contributed by atoms with Crippen molar-refractivity contribution < 1.29 is 4.79 Å². The van der Waals surface area contributed by atoms with Crippen molar-refractivity contribution >= 4 is 5.78 Å².